The number of rotatable bonds is 5. The van der Waals surface area contributed by atoms with E-state index in [9.17, 15) is 14.7 Å². The maximum atomic E-state index is 12.2. The van der Waals surface area contributed by atoms with Gasteiger partial charge in [0, 0.05) is 23.7 Å². The molecular formula is C17H24N2O3. The van der Waals surface area contributed by atoms with Gasteiger partial charge in [-0.25, -0.2) is 0 Å². The lowest BCUT2D eigenvalue weighted by atomic mass is 9.88. The normalized spacial score (nSPS) is 16.8. The summed E-state index contributed by atoms with van der Waals surface area (Å²) in [7, 11) is 0. The fourth-order valence-electron chi connectivity index (χ4n) is 2.69. The molecule has 0 saturated heterocycles. The first-order valence-electron chi connectivity index (χ1n) is 7.93. The van der Waals surface area contributed by atoms with E-state index in [-0.39, 0.29) is 24.3 Å². The molecule has 0 radical (unpaired) electrons. The molecule has 1 aliphatic rings. The van der Waals surface area contributed by atoms with Gasteiger partial charge < -0.3 is 15.7 Å². The molecule has 0 aliphatic heterocycles. The van der Waals surface area contributed by atoms with Crippen molar-refractivity contribution in [3.05, 3.63) is 29.8 Å². The number of aliphatic hydroxyl groups is 1. The Balaban J connectivity index is 1.95. The molecule has 0 aromatic heterocycles. The third-order valence-corrected chi connectivity index (χ3v) is 3.93. The first-order valence-corrected chi connectivity index (χ1v) is 7.93. The fraction of sp³-hybridized carbons (Fsp3) is 0.529. The molecule has 1 fully saturated rings. The van der Waals surface area contributed by atoms with Crippen LogP contribution in [0.3, 0.4) is 0 Å². The summed E-state index contributed by atoms with van der Waals surface area (Å²) in [5.41, 5.74) is 1.11. The van der Waals surface area contributed by atoms with Crippen LogP contribution >= 0.6 is 0 Å². The minimum Gasteiger partial charge on any atom is -0.392 e. The molecule has 120 valence electrons. The predicted octanol–water partition coefficient (Wildman–Crippen LogP) is 2.32. The van der Waals surface area contributed by atoms with Gasteiger partial charge >= 0.3 is 0 Å². The number of anilines is 1. The number of hydrogen-bond donors (Lipinski definition) is 3. The molecule has 1 aromatic carbocycles. The van der Waals surface area contributed by atoms with Crippen molar-refractivity contribution in [3.63, 3.8) is 0 Å². The zero-order valence-electron chi connectivity index (χ0n) is 13.0. The van der Waals surface area contributed by atoms with E-state index >= 15 is 0 Å². The van der Waals surface area contributed by atoms with E-state index in [1.807, 2.05) is 0 Å². The highest BCUT2D eigenvalue weighted by atomic mass is 16.3. The Hall–Kier alpha value is -1.88. The van der Waals surface area contributed by atoms with Gasteiger partial charge in [-0.2, -0.15) is 0 Å². The van der Waals surface area contributed by atoms with Crippen LogP contribution in [-0.4, -0.2) is 29.6 Å². The van der Waals surface area contributed by atoms with Gasteiger partial charge in [-0.05, 0) is 38.0 Å². The third-order valence-electron chi connectivity index (χ3n) is 3.93. The van der Waals surface area contributed by atoms with E-state index in [1.165, 1.54) is 6.42 Å². The molecule has 1 saturated carbocycles. The standard InChI is InChI=1S/C17H24N2O3/c1-12(20)11-18-16(21)14-8-5-9-15(10-14)19-17(22)13-6-3-2-4-7-13/h5,8-10,12-13,20H,2-4,6-7,11H2,1H3,(H,18,21)(H,19,22). The summed E-state index contributed by atoms with van der Waals surface area (Å²) in [6, 6.07) is 6.88. The van der Waals surface area contributed by atoms with E-state index in [4.69, 9.17) is 0 Å². The minimum absolute atomic E-state index is 0.0428. The van der Waals surface area contributed by atoms with Crippen LogP contribution in [0, 0.1) is 5.92 Å². The molecule has 1 unspecified atom stereocenters. The van der Waals surface area contributed by atoms with Crippen molar-refractivity contribution < 1.29 is 14.7 Å². The van der Waals surface area contributed by atoms with Crippen LogP contribution in [-0.2, 0) is 4.79 Å². The molecule has 3 N–H and O–H groups in total. The predicted molar refractivity (Wildman–Crippen MR) is 85.7 cm³/mol. The van der Waals surface area contributed by atoms with Crippen molar-refractivity contribution in [3.8, 4) is 0 Å². The van der Waals surface area contributed by atoms with E-state index in [0.717, 1.165) is 25.7 Å². The highest BCUT2D eigenvalue weighted by Crippen LogP contribution is 2.25. The summed E-state index contributed by atoms with van der Waals surface area (Å²) in [5, 5.41) is 14.7. The van der Waals surface area contributed by atoms with Crippen LogP contribution in [0.1, 0.15) is 49.4 Å². The lowest BCUT2D eigenvalue weighted by molar-refractivity contribution is -0.120. The van der Waals surface area contributed by atoms with Crippen LogP contribution in [0.15, 0.2) is 24.3 Å². The smallest absolute Gasteiger partial charge is 0.251 e. The quantitative estimate of drug-likeness (QED) is 0.781. The number of benzene rings is 1. The second-order valence-electron chi connectivity index (χ2n) is 5.96. The van der Waals surface area contributed by atoms with Crippen LogP contribution < -0.4 is 10.6 Å². The van der Waals surface area contributed by atoms with Crippen LogP contribution in [0.4, 0.5) is 5.69 Å². The number of amides is 2. The topological polar surface area (TPSA) is 78.4 Å². The van der Waals surface area contributed by atoms with Crippen molar-refractivity contribution in [2.75, 3.05) is 11.9 Å². The molecule has 5 nitrogen and oxygen atoms in total. The molecule has 0 bridgehead atoms. The Morgan fingerprint density at radius 3 is 2.68 bits per heavy atom. The SMILES string of the molecule is CC(O)CNC(=O)c1cccc(NC(=O)C2CCCCC2)c1. The Morgan fingerprint density at radius 2 is 2.00 bits per heavy atom. The van der Waals surface area contributed by atoms with Crippen molar-refractivity contribution >= 4 is 17.5 Å². The van der Waals surface area contributed by atoms with Crippen LogP contribution in [0.25, 0.3) is 0 Å². The summed E-state index contributed by atoms with van der Waals surface area (Å²) in [5.74, 6) is -0.127. The molecule has 1 aliphatic carbocycles. The fourth-order valence-corrected chi connectivity index (χ4v) is 2.69. The summed E-state index contributed by atoms with van der Waals surface area (Å²) >= 11 is 0. The van der Waals surface area contributed by atoms with Gasteiger partial charge in [0.25, 0.3) is 5.91 Å². The first-order chi connectivity index (χ1) is 10.6. The monoisotopic (exact) mass is 304 g/mol. The molecule has 1 atom stereocenters. The van der Waals surface area contributed by atoms with Crippen molar-refractivity contribution in [2.45, 2.75) is 45.1 Å². The number of nitrogens with one attached hydrogen (secondary N) is 2. The minimum atomic E-state index is -0.585. The summed E-state index contributed by atoms with van der Waals surface area (Å²) in [4.78, 5) is 24.2. The molecule has 2 rings (SSSR count). The number of hydrogen-bond acceptors (Lipinski definition) is 3. The van der Waals surface area contributed by atoms with Gasteiger partial charge in [0.2, 0.25) is 5.91 Å². The van der Waals surface area contributed by atoms with E-state index in [2.05, 4.69) is 10.6 Å². The van der Waals surface area contributed by atoms with Gasteiger partial charge in [-0.15, -0.1) is 0 Å². The zero-order valence-corrected chi connectivity index (χ0v) is 13.0. The molecule has 22 heavy (non-hydrogen) atoms. The molecule has 1 aromatic rings. The first kappa shape index (κ1) is 16.5. The van der Waals surface area contributed by atoms with Gasteiger partial charge in [-0.3, -0.25) is 9.59 Å². The summed E-state index contributed by atoms with van der Waals surface area (Å²) in [6.45, 7) is 1.82. The Kier molecular flexibility index (Phi) is 5.95. The molecule has 0 heterocycles. The van der Waals surface area contributed by atoms with E-state index < -0.39 is 6.10 Å². The van der Waals surface area contributed by atoms with Gasteiger partial charge in [-0.1, -0.05) is 25.3 Å². The third kappa shape index (κ3) is 4.84. The lowest BCUT2D eigenvalue weighted by Gasteiger charge is -2.20. The van der Waals surface area contributed by atoms with Crippen molar-refractivity contribution in [2.24, 2.45) is 5.92 Å². The van der Waals surface area contributed by atoms with Gasteiger partial charge in [0.15, 0.2) is 0 Å². The maximum Gasteiger partial charge on any atom is 0.251 e. The Bertz CT molecular complexity index is 522. The number of carbonyl (C=O) groups excluding carboxylic acids is 2. The molecule has 0 spiro atoms. The highest BCUT2D eigenvalue weighted by molar-refractivity contribution is 5.97. The highest BCUT2D eigenvalue weighted by Gasteiger charge is 2.21. The Morgan fingerprint density at radius 1 is 1.27 bits per heavy atom. The van der Waals surface area contributed by atoms with Gasteiger partial charge in [0.1, 0.15) is 0 Å². The average Bonchev–Trinajstić information content (AvgIpc) is 2.53. The van der Waals surface area contributed by atoms with Crippen LogP contribution in [0.5, 0.6) is 0 Å². The largest absolute Gasteiger partial charge is 0.392 e. The molecule has 5 heteroatoms. The maximum absolute atomic E-state index is 12.2. The lowest BCUT2D eigenvalue weighted by Crippen LogP contribution is -2.30. The summed E-state index contributed by atoms with van der Waals surface area (Å²) in [6.07, 6.45) is 4.74. The van der Waals surface area contributed by atoms with E-state index in [0.29, 0.717) is 11.3 Å². The number of aliphatic hydroxyl groups excluding tert-OH is 1. The zero-order chi connectivity index (χ0) is 15.9. The second kappa shape index (κ2) is 7.94. The molecular weight excluding hydrogens is 280 g/mol. The number of carbonyl (C=O) groups is 2. The van der Waals surface area contributed by atoms with Crippen LogP contribution in [0.2, 0.25) is 0 Å². The van der Waals surface area contributed by atoms with Crippen molar-refractivity contribution in [1.82, 2.24) is 5.32 Å². The van der Waals surface area contributed by atoms with Crippen molar-refractivity contribution in [1.29, 1.82) is 0 Å². The second-order valence-corrected chi connectivity index (χ2v) is 5.96. The molecule has 2 amide bonds. The average molecular weight is 304 g/mol. The van der Waals surface area contributed by atoms with E-state index in [1.54, 1.807) is 31.2 Å². The summed E-state index contributed by atoms with van der Waals surface area (Å²) < 4.78 is 0. The van der Waals surface area contributed by atoms with Gasteiger partial charge in [0.05, 0.1) is 6.10 Å². The Labute approximate surface area is 131 Å².